The van der Waals surface area contributed by atoms with Crippen molar-refractivity contribution in [2.75, 3.05) is 5.43 Å². The summed E-state index contributed by atoms with van der Waals surface area (Å²) in [5.41, 5.74) is 7.08. The summed E-state index contributed by atoms with van der Waals surface area (Å²) in [7, 11) is 0. The van der Waals surface area contributed by atoms with Gasteiger partial charge in [-0.3, -0.25) is 15.1 Å². The second-order valence-electron chi connectivity index (χ2n) is 4.01. The third kappa shape index (κ3) is 2.56. The smallest absolute Gasteiger partial charge is 0.0685 e. The van der Waals surface area contributed by atoms with E-state index in [2.05, 4.69) is 34.5 Å². The summed E-state index contributed by atoms with van der Waals surface area (Å²) in [6.07, 6.45) is 5.26. The number of hydrogen-bond acceptors (Lipinski definition) is 4. The number of rotatable bonds is 4. The average molecular weight is 243 g/mol. The number of anilines is 1. The molecule has 0 atom stereocenters. The van der Waals surface area contributed by atoms with Crippen LogP contribution < -0.4 is 5.43 Å². The van der Waals surface area contributed by atoms with Gasteiger partial charge in [0.2, 0.25) is 0 Å². The molecule has 0 spiro atoms. The number of nitrogens with zero attached hydrogens (tertiary/aromatic N) is 4. The number of hydrogen-bond donors (Lipinski definition) is 1. The van der Waals surface area contributed by atoms with Crippen molar-refractivity contribution in [1.82, 2.24) is 14.8 Å². The highest BCUT2D eigenvalue weighted by Crippen LogP contribution is 2.10. The topological polar surface area (TPSA) is 55.1 Å². The Morgan fingerprint density at radius 1 is 1.33 bits per heavy atom. The first-order valence-corrected chi connectivity index (χ1v) is 5.95. The Hall–Kier alpha value is -2.17. The molecule has 2 heterocycles. The molecule has 5 heteroatoms. The largest absolute Gasteiger partial charge is 0.278 e. The quantitative estimate of drug-likeness (QED) is 0.662. The van der Waals surface area contributed by atoms with E-state index in [4.69, 9.17) is 0 Å². The molecule has 0 fully saturated rings. The van der Waals surface area contributed by atoms with E-state index in [-0.39, 0.29) is 0 Å². The summed E-state index contributed by atoms with van der Waals surface area (Å²) in [6.45, 7) is 7.00. The first-order valence-electron chi connectivity index (χ1n) is 5.95. The summed E-state index contributed by atoms with van der Waals surface area (Å²) in [5, 5.41) is 8.67. The molecule has 0 amide bonds. The molecule has 2 aromatic rings. The van der Waals surface area contributed by atoms with Crippen LogP contribution in [0, 0.1) is 13.8 Å². The zero-order valence-electron chi connectivity index (χ0n) is 10.9. The van der Waals surface area contributed by atoms with Crippen molar-refractivity contribution >= 4 is 11.9 Å². The van der Waals surface area contributed by atoms with Gasteiger partial charge >= 0.3 is 0 Å². The van der Waals surface area contributed by atoms with Crippen LogP contribution in [0.5, 0.6) is 0 Å². The zero-order valence-corrected chi connectivity index (χ0v) is 10.9. The summed E-state index contributed by atoms with van der Waals surface area (Å²) in [5.74, 6) is 0. The molecule has 0 aliphatic carbocycles. The van der Waals surface area contributed by atoms with Crippen LogP contribution in [-0.4, -0.2) is 21.0 Å². The highest BCUT2D eigenvalue weighted by Gasteiger charge is 2.07. The molecular weight excluding hydrogens is 226 g/mol. The minimum absolute atomic E-state index is 0.873. The Labute approximate surface area is 107 Å². The maximum atomic E-state index is 4.44. The van der Waals surface area contributed by atoms with E-state index in [0.717, 1.165) is 29.2 Å². The van der Waals surface area contributed by atoms with Crippen molar-refractivity contribution < 1.29 is 0 Å². The highest BCUT2D eigenvalue weighted by molar-refractivity contribution is 5.83. The molecule has 18 heavy (non-hydrogen) atoms. The third-order valence-corrected chi connectivity index (χ3v) is 2.80. The summed E-state index contributed by atoms with van der Waals surface area (Å²) < 4.78 is 1.98. The van der Waals surface area contributed by atoms with E-state index >= 15 is 0 Å². The molecule has 0 bridgehead atoms. The van der Waals surface area contributed by atoms with Gasteiger partial charge in [0.25, 0.3) is 0 Å². The van der Waals surface area contributed by atoms with Crippen molar-refractivity contribution in [3.05, 3.63) is 41.5 Å². The van der Waals surface area contributed by atoms with Crippen molar-refractivity contribution in [2.24, 2.45) is 5.10 Å². The van der Waals surface area contributed by atoms with E-state index < -0.39 is 0 Å². The molecular formula is C13H17N5. The fourth-order valence-corrected chi connectivity index (χ4v) is 1.80. The molecule has 1 N–H and O–H groups in total. The number of hydrazone groups is 1. The van der Waals surface area contributed by atoms with Gasteiger partial charge in [-0.25, -0.2) is 0 Å². The van der Waals surface area contributed by atoms with Crippen LogP contribution in [0.15, 0.2) is 29.6 Å². The van der Waals surface area contributed by atoms with Crippen LogP contribution in [0.25, 0.3) is 0 Å². The number of aryl methyl sites for hydroxylation is 2. The predicted molar refractivity (Wildman–Crippen MR) is 72.8 cm³/mol. The summed E-state index contributed by atoms with van der Waals surface area (Å²) in [4.78, 5) is 3.95. The maximum absolute atomic E-state index is 4.44. The molecule has 0 saturated carbocycles. The van der Waals surface area contributed by atoms with Crippen molar-refractivity contribution in [3.63, 3.8) is 0 Å². The highest BCUT2D eigenvalue weighted by atomic mass is 15.3. The minimum Gasteiger partial charge on any atom is -0.278 e. The molecule has 2 aromatic heterocycles. The third-order valence-electron chi connectivity index (χ3n) is 2.80. The van der Waals surface area contributed by atoms with Crippen LogP contribution in [0.1, 0.15) is 23.9 Å². The molecule has 0 aliphatic rings. The van der Waals surface area contributed by atoms with Crippen molar-refractivity contribution in [1.29, 1.82) is 0 Å². The predicted octanol–water partition coefficient (Wildman–Crippen LogP) is 2.36. The van der Waals surface area contributed by atoms with Gasteiger partial charge in [-0.1, -0.05) is 0 Å². The Kier molecular flexibility index (Phi) is 3.72. The van der Waals surface area contributed by atoms with E-state index in [9.17, 15) is 0 Å². The lowest BCUT2D eigenvalue weighted by molar-refractivity contribution is 0.634. The Morgan fingerprint density at radius 2 is 2.06 bits per heavy atom. The Bertz CT molecular complexity index is 542. The lowest BCUT2D eigenvalue weighted by atomic mass is 10.2. The van der Waals surface area contributed by atoms with E-state index in [1.165, 1.54) is 0 Å². The number of nitrogens with one attached hydrogen (secondary N) is 1. The SMILES string of the molecule is CCn1nc(C)c(/C=N\Nc2ccncc2)c1C. The van der Waals surface area contributed by atoms with Crippen molar-refractivity contribution in [3.8, 4) is 0 Å². The molecule has 0 saturated heterocycles. The van der Waals surface area contributed by atoms with Crippen LogP contribution in [0.2, 0.25) is 0 Å². The fourth-order valence-electron chi connectivity index (χ4n) is 1.80. The zero-order chi connectivity index (χ0) is 13.0. The standard InChI is InChI=1S/C13H17N5/c1-4-18-11(3)13(10(2)17-18)9-15-16-12-5-7-14-8-6-12/h5-9H,4H2,1-3H3,(H,14,16)/b15-9-. The molecule has 5 nitrogen and oxygen atoms in total. The molecule has 94 valence electrons. The van der Waals surface area contributed by atoms with Gasteiger partial charge in [-0.05, 0) is 32.9 Å². The normalized spacial score (nSPS) is 11.1. The van der Waals surface area contributed by atoms with Crippen LogP contribution >= 0.6 is 0 Å². The lowest BCUT2D eigenvalue weighted by Crippen LogP contribution is -1.99. The van der Waals surface area contributed by atoms with Gasteiger partial charge in [0, 0.05) is 30.2 Å². The minimum atomic E-state index is 0.873. The second-order valence-corrected chi connectivity index (χ2v) is 4.01. The monoisotopic (exact) mass is 243 g/mol. The van der Waals surface area contributed by atoms with E-state index in [0.29, 0.717) is 0 Å². The van der Waals surface area contributed by atoms with Crippen LogP contribution in [0.3, 0.4) is 0 Å². The van der Waals surface area contributed by atoms with Gasteiger partial charge in [0.1, 0.15) is 0 Å². The molecule has 0 radical (unpaired) electrons. The Balaban J connectivity index is 2.12. The maximum Gasteiger partial charge on any atom is 0.0685 e. The lowest BCUT2D eigenvalue weighted by Gasteiger charge is -1.99. The molecule has 2 rings (SSSR count). The van der Waals surface area contributed by atoms with Gasteiger partial charge in [-0.2, -0.15) is 10.2 Å². The van der Waals surface area contributed by atoms with E-state index in [1.54, 1.807) is 12.4 Å². The average Bonchev–Trinajstić information content (AvgIpc) is 2.67. The first kappa shape index (κ1) is 12.3. The van der Waals surface area contributed by atoms with Gasteiger partial charge in [0.05, 0.1) is 17.6 Å². The number of aromatic nitrogens is 3. The number of pyridine rings is 1. The molecule has 0 unspecified atom stereocenters. The molecule has 0 aliphatic heterocycles. The fraction of sp³-hybridized carbons (Fsp3) is 0.308. The van der Waals surface area contributed by atoms with Gasteiger partial charge in [0.15, 0.2) is 0 Å². The van der Waals surface area contributed by atoms with Gasteiger partial charge < -0.3 is 0 Å². The van der Waals surface area contributed by atoms with Crippen molar-refractivity contribution in [2.45, 2.75) is 27.3 Å². The van der Waals surface area contributed by atoms with Crippen LogP contribution in [0.4, 0.5) is 5.69 Å². The summed E-state index contributed by atoms with van der Waals surface area (Å²) >= 11 is 0. The van der Waals surface area contributed by atoms with Crippen LogP contribution in [-0.2, 0) is 6.54 Å². The Morgan fingerprint density at radius 3 is 2.67 bits per heavy atom. The molecule has 0 aromatic carbocycles. The second kappa shape index (κ2) is 5.44. The summed E-state index contributed by atoms with van der Waals surface area (Å²) in [6, 6.07) is 3.74. The van der Waals surface area contributed by atoms with E-state index in [1.807, 2.05) is 30.0 Å². The van der Waals surface area contributed by atoms with Gasteiger partial charge in [-0.15, -0.1) is 0 Å². The first-order chi connectivity index (χ1) is 8.72.